The fraction of sp³-hybridized carbons (Fsp3) is 0.524. The Morgan fingerprint density at radius 2 is 1.92 bits per heavy atom. The number of fused-ring (bicyclic) bond motifs is 1. The first-order valence-corrected chi connectivity index (χ1v) is 9.82. The summed E-state index contributed by atoms with van der Waals surface area (Å²) in [5, 5.41) is 3.53. The highest BCUT2D eigenvalue weighted by Gasteiger charge is 2.56. The van der Waals surface area contributed by atoms with Crippen LogP contribution in [0, 0.1) is 17.3 Å². The van der Waals surface area contributed by atoms with Crippen molar-refractivity contribution in [2.75, 3.05) is 6.54 Å². The zero-order valence-corrected chi connectivity index (χ0v) is 15.3. The Morgan fingerprint density at radius 3 is 2.65 bits per heavy atom. The maximum atomic E-state index is 12.6. The molecule has 1 aromatic heterocycles. The number of hydrogen-bond donors (Lipinski definition) is 1. The molecular weight excluding hydrogens is 350 g/mol. The summed E-state index contributed by atoms with van der Waals surface area (Å²) in [7, 11) is 0. The first-order valence-electron chi connectivity index (χ1n) is 9.44. The van der Waals surface area contributed by atoms with Gasteiger partial charge in [0.2, 0.25) is 0 Å². The van der Waals surface area contributed by atoms with Gasteiger partial charge in [-0.2, -0.15) is 0 Å². The van der Waals surface area contributed by atoms with E-state index in [9.17, 15) is 9.59 Å². The van der Waals surface area contributed by atoms with Crippen molar-refractivity contribution in [2.24, 2.45) is 17.3 Å². The van der Waals surface area contributed by atoms with E-state index < -0.39 is 0 Å². The van der Waals surface area contributed by atoms with E-state index in [1.165, 1.54) is 12.5 Å². The Bertz CT molecular complexity index is 936. The molecule has 1 amide bonds. The first-order chi connectivity index (χ1) is 12.4. The van der Waals surface area contributed by atoms with E-state index in [0.717, 1.165) is 32.1 Å². The number of amides is 1. The summed E-state index contributed by atoms with van der Waals surface area (Å²) in [6.07, 6.45) is 6.83. The van der Waals surface area contributed by atoms with E-state index in [2.05, 4.69) is 5.32 Å². The summed E-state index contributed by atoms with van der Waals surface area (Å²) in [6, 6.07) is 8.29. The Kier molecular flexibility index (Phi) is 3.52. The van der Waals surface area contributed by atoms with Crippen LogP contribution in [-0.4, -0.2) is 17.3 Å². The number of alkyl halides is 1. The molecule has 0 saturated heterocycles. The third-order valence-electron chi connectivity index (χ3n) is 6.59. The number of hydrogen-bond acceptors (Lipinski definition) is 3. The van der Waals surface area contributed by atoms with Gasteiger partial charge in [0, 0.05) is 17.5 Å². The molecule has 0 radical (unpaired) electrons. The maximum absolute atomic E-state index is 12.6. The van der Waals surface area contributed by atoms with Gasteiger partial charge in [-0.1, -0.05) is 12.1 Å². The lowest BCUT2D eigenvalue weighted by molar-refractivity contribution is -0.0380. The third kappa shape index (κ3) is 2.66. The summed E-state index contributed by atoms with van der Waals surface area (Å²) >= 11 is 6.87. The second-order valence-electron chi connectivity index (χ2n) is 8.77. The van der Waals surface area contributed by atoms with Crippen LogP contribution >= 0.6 is 11.6 Å². The van der Waals surface area contributed by atoms with E-state index in [1.54, 1.807) is 24.3 Å². The summed E-state index contributed by atoms with van der Waals surface area (Å²) in [4.78, 5) is 24.8. The van der Waals surface area contributed by atoms with E-state index in [4.69, 9.17) is 16.0 Å². The molecule has 5 heteroatoms. The van der Waals surface area contributed by atoms with Gasteiger partial charge >= 0.3 is 0 Å². The SMILES string of the molecule is O=C(NCC12C[C@H]3C[C@@H](CC(Cl)(C3)C1)C2)c1cc(=O)c2ccccc2o1. The van der Waals surface area contributed by atoms with Crippen molar-refractivity contribution in [2.45, 2.75) is 43.4 Å². The first kappa shape index (κ1) is 16.4. The number of para-hydroxylation sites is 1. The fourth-order valence-electron chi connectivity index (χ4n) is 6.11. The average molecular weight is 372 g/mol. The lowest BCUT2D eigenvalue weighted by Gasteiger charge is -2.60. The Labute approximate surface area is 156 Å². The Balaban J connectivity index is 1.36. The second-order valence-corrected chi connectivity index (χ2v) is 9.57. The van der Waals surface area contributed by atoms with Crippen molar-refractivity contribution < 1.29 is 9.21 Å². The van der Waals surface area contributed by atoms with Gasteiger partial charge < -0.3 is 9.73 Å². The number of carbonyl (C=O) groups excluding carboxylic acids is 1. The van der Waals surface area contributed by atoms with E-state index in [-0.39, 0.29) is 27.4 Å². The molecule has 0 spiro atoms. The standard InChI is InChI=1S/C21H22ClNO3/c22-21-9-13-5-14(10-21)8-20(7-13,11-21)12-23-19(25)18-6-16(24)15-3-1-2-4-17(15)26-18/h1-4,6,13-14H,5,7-12H2,(H,23,25)/t13-,14-,20?,21?/m1/s1. The molecule has 1 aromatic carbocycles. The number of benzene rings is 1. The van der Waals surface area contributed by atoms with Crippen molar-refractivity contribution in [1.82, 2.24) is 5.32 Å². The normalized spacial score (nSPS) is 35.0. The van der Waals surface area contributed by atoms with Gasteiger partial charge in [0.15, 0.2) is 11.2 Å². The van der Waals surface area contributed by atoms with Crippen molar-refractivity contribution in [3.63, 3.8) is 0 Å². The van der Waals surface area contributed by atoms with Crippen molar-refractivity contribution in [1.29, 1.82) is 0 Å². The Hall–Kier alpha value is -1.81. The molecule has 1 N–H and O–H groups in total. The number of halogens is 1. The van der Waals surface area contributed by atoms with Gasteiger partial charge in [-0.05, 0) is 67.9 Å². The average Bonchev–Trinajstić information content (AvgIpc) is 2.57. The number of carbonyl (C=O) groups is 1. The maximum Gasteiger partial charge on any atom is 0.287 e. The van der Waals surface area contributed by atoms with E-state index in [0.29, 0.717) is 29.3 Å². The molecule has 2 atom stereocenters. The summed E-state index contributed by atoms with van der Waals surface area (Å²) < 4.78 is 5.66. The van der Waals surface area contributed by atoms with Gasteiger partial charge in [0.05, 0.1) is 5.39 Å². The highest BCUT2D eigenvalue weighted by molar-refractivity contribution is 6.24. The molecule has 4 aliphatic rings. The van der Waals surface area contributed by atoms with Crippen LogP contribution in [0.2, 0.25) is 0 Å². The van der Waals surface area contributed by atoms with Crippen LogP contribution in [0.25, 0.3) is 11.0 Å². The minimum atomic E-state index is -0.313. The molecule has 136 valence electrons. The van der Waals surface area contributed by atoms with Crippen LogP contribution in [0.4, 0.5) is 0 Å². The van der Waals surface area contributed by atoms with Crippen LogP contribution in [-0.2, 0) is 0 Å². The molecule has 2 aromatic rings. The van der Waals surface area contributed by atoms with E-state index >= 15 is 0 Å². The molecular formula is C21H22ClNO3. The molecule has 4 nitrogen and oxygen atoms in total. The Morgan fingerprint density at radius 1 is 1.19 bits per heavy atom. The summed E-state index contributed by atoms with van der Waals surface area (Å²) in [5.41, 5.74) is 0.365. The van der Waals surface area contributed by atoms with Gasteiger partial charge in [-0.15, -0.1) is 11.6 Å². The largest absolute Gasteiger partial charge is 0.451 e. The molecule has 0 unspecified atom stereocenters. The lowest BCUT2D eigenvalue weighted by atomic mass is 9.49. The topological polar surface area (TPSA) is 59.3 Å². The van der Waals surface area contributed by atoms with Crippen LogP contribution in [0.15, 0.2) is 39.5 Å². The third-order valence-corrected chi connectivity index (χ3v) is 7.04. The zero-order valence-electron chi connectivity index (χ0n) is 14.6. The van der Waals surface area contributed by atoms with Crippen LogP contribution in [0.3, 0.4) is 0 Å². The smallest absolute Gasteiger partial charge is 0.287 e. The predicted molar refractivity (Wildman–Crippen MR) is 101 cm³/mol. The number of rotatable bonds is 3. The van der Waals surface area contributed by atoms with Gasteiger partial charge in [0.25, 0.3) is 5.91 Å². The molecule has 4 bridgehead atoms. The molecule has 0 aliphatic heterocycles. The molecule has 6 rings (SSSR count). The number of nitrogens with one attached hydrogen (secondary N) is 1. The van der Waals surface area contributed by atoms with Crippen molar-refractivity contribution >= 4 is 28.5 Å². The fourth-order valence-corrected chi connectivity index (χ4v) is 6.83. The lowest BCUT2D eigenvalue weighted by Crippen LogP contribution is -2.56. The van der Waals surface area contributed by atoms with Crippen LogP contribution in [0.1, 0.15) is 49.1 Å². The van der Waals surface area contributed by atoms with Crippen molar-refractivity contribution in [3.8, 4) is 0 Å². The minimum Gasteiger partial charge on any atom is -0.451 e. The molecule has 4 saturated carbocycles. The predicted octanol–water partition coefficient (Wildman–Crippen LogP) is 4.10. The van der Waals surface area contributed by atoms with Gasteiger partial charge in [-0.25, -0.2) is 0 Å². The molecule has 4 fully saturated rings. The second kappa shape index (κ2) is 5.59. The molecule has 26 heavy (non-hydrogen) atoms. The minimum absolute atomic E-state index is 0.0652. The van der Waals surface area contributed by atoms with Crippen LogP contribution in [0.5, 0.6) is 0 Å². The quantitative estimate of drug-likeness (QED) is 0.826. The highest BCUT2D eigenvalue weighted by atomic mass is 35.5. The highest BCUT2D eigenvalue weighted by Crippen LogP contribution is 2.63. The zero-order chi connectivity index (χ0) is 17.9. The van der Waals surface area contributed by atoms with Crippen LogP contribution < -0.4 is 10.7 Å². The summed E-state index contributed by atoms with van der Waals surface area (Å²) in [6.45, 7) is 0.615. The summed E-state index contributed by atoms with van der Waals surface area (Å²) in [5.74, 6) is 1.17. The molecule has 1 heterocycles. The van der Waals surface area contributed by atoms with Gasteiger partial charge in [-0.3, -0.25) is 9.59 Å². The molecule has 4 aliphatic carbocycles. The van der Waals surface area contributed by atoms with E-state index in [1.807, 2.05) is 0 Å². The van der Waals surface area contributed by atoms with Gasteiger partial charge in [0.1, 0.15) is 5.58 Å². The van der Waals surface area contributed by atoms with Crippen molar-refractivity contribution in [3.05, 3.63) is 46.3 Å². The monoisotopic (exact) mass is 371 g/mol.